The monoisotopic (exact) mass is 403 g/mol. The number of oxazole rings is 1. The van der Waals surface area contributed by atoms with Crippen LogP contribution in [0.2, 0.25) is 0 Å². The van der Waals surface area contributed by atoms with Gasteiger partial charge in [-0.1, -0.05) is 18.2 Å². The molecule has 1 N–H and O–H groups in total. The second-order valence-electron chi connectivity index (χ2n) is 6.86. The number of anilines is 1. The molecule has 1 amide bonds. The largest absolute Gasteiger partial charge is 0.478 e. The number of nitrogens with zero attached hydrogens (tertiary/aromatic N) is 3. The number of Topliss-reactive ketones (excluding diaryl/α,β-unsaturated/α-hetero) is 1. The molecule has 1 aromatic heterocycles. The Hall–Kier alpha value is -4.07. The second kappa shape index (κ2) is 7.75. The molecule has 8 heteroatoms. The van der Waals surface area contributed by atoms with Crippen molar-refractivity contribution in [3.05, 3.63) is 72.1 Å². The summed E-state index contributed by atoms with van der Waals surface area (Å²) in [7, 11) is 0. The van der Waals surface area contributed by atoms with Crippen molar-refractivity contribution >= 4 is 29.1 Å². The van der Waals surface area contributed by atoms with Gasteiger partial charge >= 0.3 is 5.97 Å². The van der Waals surface area contributed by atoms with Crippen LogP contribution in [0.15, 0.2) is 70.5 Å². The smallest absolute Gasteiger partial charge is 0.335 e. The molecule has 1 unspecified atom stereocenters. The third-order valence-electron chi connectivity index (χ3n) is 4.78. The Morgan fingerprint density at radius 1 is 1.17 bits per heavy atom. The first kappa shape index (κ1) is 19.3. The molecule has 0 aliphatic carbocycles. The third kappa shape index (κ3) is 3.62. The Balaban J connectivity index is 1.54. The van der Waals surface area contributed by atoms with Crippen molar-refractivity contribution < 1.29 is 23.9 Å². The molecule has 2 aromatic carbocycles. The molecule has 1 aliphatic heterocycles. The number of aromatic carboxylic acids is 1. The van der Waals surface area contributed by atoms with Crippen LogP contribution in [0.1, 0.15) is 22.8 Å². The fraction of sp³-hybridized carbons (Fsp3) is 0.136. The Morgan fingerprint density at radius 2 is 1.97 bits per heavy atom. The molecule has 0 saturated heterocycles. The van der Waals surface area contributed by atoms with Gasteiger partial charge in [-0.2, -0.15) is 10.1 Å². The van der Waals surface area contributed by atoms with Crippen LogP contribution in [-0.2, 0) is 16.0 Å². The number of carboxylic acid groups (broad SMARTS) is 1. The summed E-state index contributed by atoms with van der Waals surface area (Å²) < 4.78 is 5.29. The Bertz CT molecular complexity index is 1170. The molecule has 150 valence electrons. The predicted molar refractivity (Wildman–Crippen MR) is 108 cm³/mol. The quantitative estimate of drug-likeness (QED) is 0.633. The highest BCUT2D eigenvalue weighted by Gasteiger charge is 2.39. The average molecular weight is 403 g/mol. The highest BCUT2D eigenvalue weighted by Crippen LogP contribution is 2.27. The number of hydrazone groups is 1. The fourth-order valence-electron chi connectivity index (χ4n) is 3.38. The van der Waals surface area contributed by atoms with Crippen molar-refractivity contribution in [3.63, 3.8) is 0 Å². The van der Waals surface area contributed by atoms with E-state index in [-0.39, 0.29) is 17.8 Å². The standard InChI is InChI=1S/C22H17N3O5/c1-13-19(21(27)25(24-13)17-7-3-6-16(12-17)22(28)29)18(26)11-14-4-2-5-15(10-14)20-23-8-9-30-20/h2-10,12,19H,11H2,1H3,(H,28,29). The lowest BCUT2D eigenvalue weighted by Gasteiger charge is -2.14. The van der Waals surface area contributed by atoms with E-state index in [4.69, 9.17) is 9.52 Å². The van der Waals surface area contributed by atoms with Crippen molar-refractivity contribution in [3.8, 4) is 11.5 Å². The van der Waals surface area contributed by atoms with Crippen LogP contribution >= 0.6 is 0 Å². The molecule has 0 bridgehead atoms. The first-order valence-electron chi connectivity index (χ1n) is 9.18. The molecular formula is C22H17N3O5. The molecule has 0 radical (unpaired) electrons. The summed E-state index contributed by atoms with van der Waals surface area (Å²) >= 11 is 0. The number of ketones is 1. The summed E-state index contributed by atoms with van der Waals surface area (Å²) in [6.07, 6.45) is 3.05. The lowest BCUT2D eigenvalue weighted by molar-refractivity contribution is -0.128. The Labute approximate surface area is 171 Å². The lowest BCUT2D eigenvalue weighted by atomic mass is 9.93. The summed E-state index contributed by atoms with van der Waals surface area (Å²) in [5.74, 6) is -2.46. The summed E-state index contributed by atoms with van der Waals surface area (Å²) in [5, 5.41) is 14.5. The first-order valence-corrected chi connectivity index (χ1v) is 9.18. The highest BCUT2D eigenvalue weighted by molar-refractivity contribution is 6.27. The normalized spacial score (nSPS) is 15.9. The molecule has 30 heavy (non-hydrogen) atoms. The van der Waals surface area contributed by atoms with Crippen LogP contribution < -0.4 is 5.01 Å². The minimum atomic E-state index is -1.11. The van der Waals surface area contributed by atoms with Crippen molar-refractivity contribution in [2.75, 3.05) is 5.01 Å². The van der Waals surface area contributed by atoms with E-state index in [1.165, 1.54) is 30.7 Å². The summed E-state index contributed by atoms with van der Waals surface area (Å²) in [4.78, 5) is 41.1. The summed E-state index contributed by atoms with van der Waals surface area (Å²) in [6, 6.07) is 13.1. The number of carbonyl (C=O) groups excluding carboxylic acids is 2. The number of hydrogen-bond acceptors (Lipinski definition) is 6. The van der Waals surface area contributed by atoms with Gasteiger partial charge in [-0.15, -0.1) is 0 Å². The number of hydrogen-bond donors (Lipinski definition) is 1. The van der Waals surface area contributed by atoms with Crippen LogP contribution in [0.5, 0.6) is 0 Å². The molecule has 0 fully saturated rings. The van der Waals surface area contributed by atoms with Gasteiger partial charge in [-0.05, 0) is 42.8 Å². The number of carboxylic acids is 1. The molecule has 0 saturated carbocycles. The van der Waals surface area contributed by atoms with E-state index in [0.29, 0.717) is 17.3 Å². The first-order chi connectivity index (χ1) is 14.4. The van der Waals surface area contributed by atoms with Crippen LogP contribution in [0.4, 0.5) is 5.69 Å². The zero-order chi connectivity index (χ0) is 21.3. The maximum Gasteiger partial charge on any atom is 0.335 e. The Morgan fingerprint density at radius 3 is 2.70 bits per heavy atom. The number of amides is 1. The maximum absolute atomic E-state index is 12.9. The van der Waals surface area contributed by atoms with Gasteiger partial charge in [0, 0.05) is 12.0 Å². The summed E-state index contributed by atoms with van der Waals surface area (Å²) in [5.41, 5.74) is 2.17. The van der Waals surface area contributed by atoms with Gasteiger partial charge in [0.1, 0.15) is 12.2 Å². The zero-order valence-electron chi connectivity index (χ0n) is 16.0. The van der Waals surface area contributed by atoms with E-state index in [9.17, 15) is 14.4 Å². The van der Waals surface area contributed by atoms with E-state index < -0.39 is 17.8 Å². The van der Waals surface area contributed by atoms with Crippen LogP contribution in [0, 0.1) is 5.92 Å². The van der Waals surface area contributed by atoms with Gasteiger partial charge in [0.15, 0.2) is 5.78 Å². The molecule has 1 aliphatic rings. The minimum Gasteiger partial charge on any atom is -0.478 e. The number of carbonyl (C=O) groups is 3. The van der Waals surface area contributed by atoms with E-state index >= 15 is 0 Å². The second-order valence-corrected chi connectivity index (χ2v) is 6.86. The van der Waals surface area contributed by atoms with Crippen LogP contribution in [-0.4, -0.2) is 33.5 Å². The minimum absolute atomic E-state index is 0.0336. The van der Waals surface area contributed by atoms with Gasteiger partial charge in [-0.3, -0.25) is 9.59 Å². The SMILES string of the molecule is CC1=NN(c2cccc(C(=O)O)c2)C(=O)C1C(=O)Cc1cccc(-c2ncco2)c1. The van der Waals surface area contributed by atoms with Crippen molar-refractivity contribution in [2.45, 2.75) is 13.3 Å². The van der Waals surface area contributed by atoms with E-state index in [1.54, 1.807) is 31.2 Å². The molecule has 2 heterocycles. The predicted octanol–water partition coefficient (Wildman–Crippen LogP) is 3.19. The summed E-state index contributed by atoms with van der Waals surface area (Å²) in [6.45, 7) is 1.62. The lowest BCUT2D eigenvalue weighted by Crippen LogP contribution is -2.33. The molecule has 3 aromatic rings. The molecule has 0 spiro atoms. The molecule has 1 atom stereocenters. The van der Waals surface area contributed by atoms with Crippen molar-refractivity contribution in [2.24, 2.45) is 11.0 Å². The molecular weight excluding hydrogens is 386 g/mol. The van der Waals surface area contributed by atoms with Gasteiger partial charge in [0.2, 0.25) is 5.89 Å². The topological polar surface area (TPSA) is 113 Å². The van der Waals surface area contributed by atoms with E-state index in [0.717, 1.165) is 16.1 Å². The molecule has 4 rings (SSSR count). The Kier molecular flexibility index (Phi) is 4.97. The number of rotatable bonds is 6. The van der Waals surface area contributed by atoms with E-state index in [2.05, 4.69) is 10.1 Å². The van der Waals surface area contributed by atoms with Gasteiger partial charge in [0.25, 0.3) is 5.91 Å². The average Bonchev–Trinajstić information content (AvgIpc) is 3.36. The van der Waals surface area contributed by atoms with Crippen molar-refractivity contribution in [1.29, 1.82) is 0 Å². The van der Waals surface area contributed by atoms with Gasteiger partial charge in [0.05, 0.1) is 23.2 Å². The number of aromatic nitrogens is 1. The van der Waals surface area contributed by atoms with Gasteiger partial charge in [-0.25, -0.2) is 9.78 Å². The van der Waals surface area contributed by atoms with E-state index in [1.807, 2.05) is 6.07 Å². The third-order valence-corrected chi connectivity index (χ3v) is 4.78. The number of benzene rings is 2. The fourth-order valence-corrected chi connectivity index (χ4v) is 3.38. The molecule has 8 nitrogen and oxygen atoms in total. The highest BCUT2D eigenvalue weighted by atomic mass is 16.4. The maximum atomic E-state index is 12.9. The zero-order valence-corrected chi connectivity index (χ0v) is 16.0. The van der Waals surface area contributed by atoms with Crippen molar-refractivity contribution in [1.82, 2.24) is 4.98 Å². The van der Waals surface area contributed by atoms with Crippen LogP contribution in [0.25, 0.3) is 11.5 Å². The van der Waals surface area contributed by atoms with Gasteiger partial charge < -0.3 is 9.52 Å². The van der Waals surface area contributed by atoms with Crippen LogP contribution in [0.3, 0.4) is 0 Å².